The van der Waals surface area contributed by atoms with Crippen LogP contribution in [0.4, 0.5) is 18.9 Å². The number of phenolic OH excluding ortho intramolecular Hbond substituents is 1. The maximum atomic E-state index is 13.1. The summed E-state index contributed by atoms with van der Waals surface area (Å²) in [6, 6.07) is 13.2. The standard InChI is InChI=1S/C19H14F3NO2/c1-12-6-8-17(24)16(10-12)23-11-13-7-9-18(25-13)14-4-2-3-5-15(14)19(20,21)22/h2-11,24H,1H3/b23-11+. The molecule has 3 rings (SSSR count). The topological polar surface area (TPSA) is 45.7 Å². The van der Waals surface area contributed by atoms with E-state index in [2.05, 4.69) is 4.99 Å². The first-order valence-corrected chi connectivity index (χ1v) is 7.45. The Kier molecular flexibility index (Phi) is 4.35. The molecular formula is C19H14F3NO2. The molecule has 1 N–H and O–H groups in total. The summed E-state index contributed by atoms with van der Waals surface area (Å²) >= 11 is 0. The summed E-state index contributed by atoms with van der Waals surface area (Å²) in [6.45, 7) is 1.86. The van der Waals surface area contributed by atoms with Crippen LogP contribution >= 0.6 is 0 Å². The van der Waals surface area contributed by atoms with Crippen molar-refractivity contribution in [3.05, 3.63) is 71.5 Å². The van der Waals surface area contributed by atoms with Gasteiger partial charge in [-0.15, -0.1) is 0 Å². The van der Waals surface area contributed by atoms with E-state index in [0.29, 0.717) is 5.69 Å². The van der Waals surface area contributed by atoms with E-state index < -0.39 is 11.7 Å². The van der Waals surface area contributed by atoms with Crippen LogP contribution < -0.4 is 0 Å². The van der Waals surface area contributed by atoms with Gasteiger partial charge < -0.3 is 9.52 Å². The Morgan fingerprint density at radius 2 is 1.80 bits per heavy atom. The zero-order valence-electron chi connectivity index (χ0n) is 13.2. The fraction of sp³-hybridized carbons (Fsp3) is 0.105. The molecule has 0 saturated carbocycles. The van der Waals surface area contributed by atoms with E-state index in [0.717, 1.165) is 11.6 Å². The van der Waals surface area contributed by atoms with Crippen molar-refractivity contribution >= 4 is 11.9 Å². The molecule has 0 atom stereocenters. The van der Waals surface area contributed by atoms with Gasteiger partial charge in [-0.3, -0.25) is 0 Å². The Labute approximate surface area is 142 Å². The number of phenols is 1. The van der Waals surface area contributed by atoms with Crippen LogP contribution in [0.15, 0.2) is 64.0 Å². The number of hydrogen-bond donors (Lipinski definition) is 1. The van der Waals surface area contributed by atoms with Crippen molar-refractivity contribution in [2.24, 2.45) is 4.99 Å². The van der Waals surface area contributed by atoms with Gasteiger partial charge in [-0.2, -0.15) is 13.2 Å². The first-order valence-electron chi connectivity index (χ1n) is 7.45. The van der Waals surface area contributed by atoms with E-state index in [9.17, 15) is 18.3 Å². The summed E-state index contributed by atoms with van der Waals surface area (Å²) in [6.07, 6.45) is -3.11. The van der Waals surface area contributed by atoms with Crippen molar-refractivity contribution in [1.29, 1.82) is 0 Å². The third-order valence-corrected chi connectivity index (χ3v) is 3.59. The molecular weight excluding hydrogens is 331 g/mol. The first kappa shape index (κ1) is 16.8. The lowest BCUT2D eigenvalue weighted by molar-refractivity contribution is -0.137. The van der Waals surface area contributed by atoms with Crippen molar-refractivity contribution in [2.45, 2.75) is 13.1 Å². The van der Waals surface area contributed by atoms with Gasteiger partial charge in [0, 0.05) is 5.56 Å². The average Bonchev–Trinajstić information content (AvgIpc) is 3.04. The summed E-state index contributed by atoms with van der Waals surface area (Å²) in [7, 11) is 0. The number of furan rings is 1. The highest BCUT2D eigenvalue weighted by Crippen LogP contribution is 2.37. The minimum atomic E-state index is -4.47. The lowest BCUT2D eigenvalue weighted by atomic mass is 10.1. The third kappa shape index (κ3) is 3.74. The predicted octanol–water partition coefficient (Wildman–Crippen LogP) is 5.73. The molecule has 0 spiro atoms. The van der Waals surface area contributed by atoms with Crippen molar-refractivity contribution in [2.75, 3.05) is 0 Å². The van der Waals surface area contributed by atoms with Crippen LogP contribution in [0.3, 0.4) is 0 Å². The zero-order valence-corrected chi connectivity index (χ0v) is 13.2. The van der Waals surface area contributed by atoms with Crippen molar-refractivity contribution in [1.82, 2.24) is 0 Å². The maximum Gasteiger partial charge on any atom is 0.417 e. The van der Waals surface area contributed by atoms with Gasteiger partial charge in [-0.05, 0) is 42.8 Å². The molecule has 128 valence electrons. The molecule has 0 saturated heterocycles. The highest BCUT2D eigenvalue weighted by molar-refractivity contribution is 5.81. The van der Waals surface area contributed by atoms with E-state index in [1.54, 1.807) is 12.1 Å². The van der Waals surface area contributed by atoms with Gasteiger partial charge in [0.15, 0.2) is 0 Å². The summed E-state index contributed by atoms with van der Waals surface area (Å²) in [4.78, 5) is 4.12. The molecule has 3 nitrogen and oxygen atoms in total. The number of hydrogen-bond acceptors (Lipinski definition) is 3. The van der Waals surface area contributed by atoms with Gasteiger partial charge in [-0.25, -0.2) is 4.99 Å². The largest absolute Gasteiger partial charge is 0.506 e. The van der Waals surface area contributed by atoms with Gasteiger partial charge in [-0.1, -0.05) is 24.3 Å². The lowest BCUT2D eigenvalue weighted by Gasteiger charge is -2.10. The number of benzene rings is 2. The molecule has 0 amide bonds. The molecule has 25 heavy (non-hydrogen) atoms. The lowest BCUT2D eigenvalue weighted by Crippen LogP contribution is -2.06. The first-order chi connectivity index (χ1) is 11.8. The van der Waals surface area contributed by atoms with Crippen molar-refractivity contribution in [3.63, 3.8) is 0 Å². The highest BCUT2D eigenvalue weighted by Gasteiger charge is 2.34. The second kappa shape index (κ2) is 6.47. The molecule has 0 aliphatic rings. The molecule has 2 aromatic carbocycles. The minimum absolute atomic E-state index is 0.0102. The molecule has 0 radical (unpaired) electrons. The molecule has 0 unspecified atom stereocenters. The van der Waals surface area contributed by atoms with Gasteiger partial charge in [0.25, 0.3) is 0 Å². The molecule has 0 aliphatic carbocycles. The second-order valence-electron chi connectivity index (χ2n) is 5.50. The Balaban J connectivity index is 1.92. The molecule has 0 fully saturated rings. The van der Waals surface area contributed by atoms with Crippen LogP contribution in [0, 0.1) is 6.92 Å². The number of halogens is 3. The molecule has 1 heterocycles. The summed E-state index contributed by atoms with van der Waals surface area (Å²) in [5, 5.41) is 9.75. The van der Waals surface area contributed by atoms with Gasteiger partial charge in [0.2, 0.25) is 0 Å². The molecule has 6 heteroatoms. The van der Waals surface area contributed by atoms with E-state index in [4.69, 9.17) is 4.42 Å². The van der Waals surface area contributed by atoms with Crippen LogP contribution in [-0.4, -0.2) is 11.3 Å². The highest BCUT2D eigenvalue weighted by atomic mass is 19.4. The Bertz CT molecular complexity index is 926. The van der Waals surface area contributed by atoms with Crippen molar-refractivity contribution < 1.29 is 22.7 Å². The fourth-order valence-corrected chi connectivity index (χ4v) is 2.38. The molecule has 1 aromatic heterocycles. The van der Waals surface area contributed by atoms with Crippen LogP contribution in [-0.2, 0) is 6.18 Å². The fourth-order valence-electron chi connectivity index (χ4n) is 2.38. The van der Waals surface area contributed by atoms with E-state index >= 15 is 0 Å². The SMILES string of the molecule is Cc1ccc(O)c(/N=C/c2ccc(-c3ccccc3C(F)(F)F)o2)c1. The summed E-state index contributed by atoms with van der Waals surface area (Å²) < 4.78 is 44.8. The smallest absolute Gasteiger partial charge is 0.417 e. The molecule has 0 aliphatic heterocycles. The summed E-state index contributed by atoms with van der Waals surface area (Å²) in [5.41, 5.74) is 0.482. The number of alkyl halides is 3. The second-order valence-corrected chi connectivity index (χ2v) is 5.50. The minimum Gasteiger partial charge on any atom is -0.506 e. The van der Waals surface area contributed by atoms with Crippen LogP contribution in [0.1, 0.15) is 16.9 Å². The van der Waals surface area contributed by atoms with Crippen LogP contribution in [0.5, 0.6) is 5.75 Å². The predicted molar refractivity (Wildman–Crippen MR) is 89.2 cm³/mol. The van der Waals surface area contributed by atoms with Gasteiger partial charge in [0.05, 0.1) is 11.8 Å². The van der Waals surface area contributed by atoms with E-state index in [1.807, 2.05) is 6.92 Å². The third-order valence-electron chi connectivity index (χ3n) is 3.59. The number of nitrogens with zero attached hydrogens (tertiary/aromatic N) is 1. The van der Waals surface area contributed by atoms with Crippen molar-refractivity contribution in [3.8, 4) is 17.1 Å². The number of rotatable bonds is 3. The normalized spacial score (nSPS) is 12.0. The Hall–Kier alpha value is -3.02. The number of aryl methyl sites for hydroxylation is 1. The molecule has 3 aromatic rings. The zero-order chi connectivity index (χ0) is 18.0. The monoisotopic (exact) mass is 345 g/mol. The number of aliphatic imine (C=N–C) groups is 1. The van der Waals surface area contributed by atoms with E-state index in [-0.39, 0.29) is 22.8 Å². The number of aromatic hydroxyl groups is 1. The van der Waals surface area contributed by atoms with Crippen LogP contribution in [0.2, 0.25) is 0 Å². The van der Waals surface area contributed by atoms with Gasteiger partial charge in [0.1, 0.15) is 23.0 Å². The summed E-state index contributed by atoms with van der Waals surface area (Å²) in [5.74, 6) is 0.395. The van der Waals surface area contributed by atoms with Gasteiger partial charge >= 0.3 is 6.18 Å². The molecule has 0 bridgehead atoms. The van der Waals surface area contributed by atoms with E-state index in [1.165, 1.54) is 42.6 Å². The Morgan fingerprint density at radius 1 is 1.04 bits per heavy atom. The van der Waals surface area contributed by atoms with Crippen LogP contribution in [0.25, 0.3) is 11.3 Å². The average molecular weight is 345 g/mol. The Morgan fingerprint density at radius 3 is 2.56 bits per heavy atom. The quantitative estimate of drug-likeness (QED) is 0.616. The maximum absolute atomic E-state index is 13.1.